The number of hydrogen-bond acceptors (Lipinski definition) is 6. The minimum absolute atomic E-state index is 0.157. The summed E-state index contributed by atoms with van der Waals surface area (Å²) in [7, 11) is 1.61. The van der Waals surface area contributed by atoms with Crippen LogP contribution >= 0.6 is 0 Å². The van der Waals surface area contributed by atoms with Crippen molar-refractivity contribution in [2.75, 3.05) is 7.05 Å². The summed E-state index contributed by atoms with van der Waals surface area (Å²) in [5.74, 6) is 0.178. The second-order valence-electron chi connectivity index (χ2n) is 8.57. The van der Waals surface area contributed by atoms with Gasteiger partial charge in [-0.25, -0.2) is 19.4 Å². The third kappa shape index (κ3) is 3.19. The minimum atomic E-state index is -1.22. The molecule has 0 saturated carbocycles. The Morgan fingerprint density at radius 2 is 1.94 bits per heavy atom. The molecule has 2 unspecified atom stereocenters. The van der Waals surface area contributed by atoms with Gasteiger partial charge in [-0.15, -0.1) is 0 Å². The number of benzene rings is 2. The fraction of sp³-hybridized carbons (Fsp3) is 0.250. The number of halogens is 1. The first-order valence-corrected chi connectivity index (χ1v) is 10.3. The zero-order chi connectivity index (χ0) is 22.5. The Labute approximate surface area is 184 Å². The molecule has 162 valence electrons. The predicted octanol–water partition coefficient (Wildman–Crippen LogP) is 3.05. The Morgan fingerprint density at radius 3 is 2.62 bits per heavy atom. The van der Waals surface area contributed by atoms with E-state index >= 15 is 0 Å². The molecule has 3 heterocycles. The number of hydrogen-bond donors (Lipinski definition) is 1. The molecule has 0 bridgehead atoms. The van der Waals surface area contributed by atoms with Gasteiger partial charge in [0.25, 0.3) is 5.91 Å². The lowest BCUT2D eigenvalue weighted by atomic mass is 9.74. The van der Waals surface area contributed by atoms with E-state index in [0.717, 1.165) is 16.7 Å². The summed E-state index contributed by atoms with van der Waals surface area (Å²) in [6, 6.07) is 12.0. The Bertz CT molecular complexity index is 1250. The minimum Gasteiger partial charge on any atom is -0.487 e. The maximum atomic E-state index is 13.8. The summed E-state index contributed by atoms with van der Waals surface area (Å²) in [6.45, 7) is 1.92. The molecule has 0 fully saturated rings. The molecule has 3 aromatic rings. The molecule has 1 aromatic heterocycles. The van der Waals surface area contributed by atoms with Crippen LogP contribution in [-0.4, -0.2) is 39.4 Å². The van der Waals surface area contributed by atoms with Gasteiger partial charge in [0.15, 0.2) is 11.5 Å². The molecule has 32 heavy (non-hydrogen) atoms. The van der Waals surface area contributed by atoms with Crippen LogP contribution in [0.4, 0.5) is 4.39 Å². The highest BCUT2D eigenvalue weighted by molar-refractivity contribution is 6.07. The number of likely N-dealkylation sites (N-methyl/N-ethyl adjacent to an activating group) is 1. The number of ether oxygens (including phenoxy) is 1. The first-order chi connectivity index (χ1) is 15.3. The third-order valence-electron chi connectivity index (χ3n) is 6.08. The van der Waals surface area contributed by atoms with E-state index in [0.29, 0.717) is 17.7 Å². The number of rotatable bonds is 3. The summed E-state index contributed by atoms with van der Waals surface area (Å²) < 4.78 is 20.2. The maximum Gasteiger partial charge on any atom is 0.261 e. The van der Waals surface area contributed by atoms with Gasteiger partial charge < -0.3 is 10.5 Å². The summed E-state index contributed by atoms with van der Waals surface area (Å²) in [4.78, 5) is 27.7. The molecule has 1 amide bonds. The van der Waals surface area contributed by atoms with Gasteiger partial charge in [0, 0.05) is 43.4 Å². The first kappa shape index (κ1) is 20.1. The summed E-state index contributed by atoms with van der Waals surface area (Å²) in [6.07, 6.45) is 5.55. The van der Waals surface area contributed by atoms with Gasteiger partial charge in [-0.3, -0.25) is 9.69 Å². The van der Waals surface area contributed by atoms with E-state index in [-0.39, 0.29) is 24.1 Å². The Morgan fingerprint density at radius 1 is 1.16 bits per heavy atom. The van der Waals surface area contributed by atoms with Crippen LogP contribution in [0.25, 0.3) is 11.1 Å². The van der Waals surface area contributed by atoms with Gasteiger partial charge in [-0.1, -0.05) is 18.2 Å². The molecule has 2 aliphatic heterocycles. The topological polar surface area (TPSA) is 93.7 Å². The van der Waals surface area contributed by atoms with Gasteiger partial charge >= 0.3 is 0 Å². The molecule has 0 aliphatic carbocycles. The normalized spacial score (nSPS) is 24.3. The number of amides is 1. The van der Waals surface area contributed by atoms with Crippen molar-refractivity contribution in [2.45, 2.75) is 30.9 Å². The molecule has 2 aromatic carbocycles. The molecule has 7 nitrogen and oxygen atoms in total. The van der Waals surface area contributed by atoms with E-state index in [4.69, 9.17) is 10.5 Å². The highest BCUT2D eigenvalue weighted by Crippen LogP contribution is 2.50. The summed E-state index contributed by atoms with van der Waals surface area (Å²) in [5.41, 5.74) is 7.14. The third-order valence-corrected chi connectivity index (χ3v) is 6.08. The van der Waals surface area contributed by atoms with Crippen LogP contribution in [-0.2, 0) is 16.8 Å². The quantitative estimate of drug-likeness (QED) is 0.688. The molecule has 2 aliphatic rings. The first-order valence-electron chi connectivity index (χ1n) is 10.3. The van der Waals surface area contributed by atoms with Crippen molar-refractivity contribution >= 4 is 11.9 Å². The van der Waals surface area contributed by atoms with Crippen molar-refractivity contribution < 1.29 is 13.9 Å². The zero-order valence-corrected chi connectivity index (χ0v) is 17.7. The molecule has 1 spiro atoms. The van der Waals surface area contributed by atoms with Crippen LogP contribution < -0.4 is 10.5 Å². The Hall–Kier alpha value is -3.81. The molecule has 0 radical (unpaired) electrons. The van der Waals surface area contributed by atoms with Crippen molar-refractivity contribution in [3.63, 3.8) is 0 Å². The van der Waals surface area contributed by atoms with Gasteiger partial charge in [0.2, 0.25) is 0 Å². The number of aromatic nitrogens is 2. The number of carbonyl (C=O) groups is 1. The number of carbonyl (C=O) groups excluding carboxylic acids is 1. The average molecular weight is 431 g/mol. The summed E-state index contributed by atoms with van der Waals surface area (Å²) >= 11 is 0. The van der Waals surface area contributed by atoms with Gasteiger partial charge in [-0.05, 0) is 42.3 Å². The van der Waals surface area contributed by atoms with E-state index in [2.05, 4.69) is 15.0 Å². The van der Waals surface area contributed by atoms with Crippen molar-refractivity contribution in [3.05, 3.63) is 78.1 Å². The largest absolute Gasteiger partial charge is 0.487 e. The number of aliphatic imine (C=N–C) groups is 1. The number of guanidine groups is 1. The molecule has 2 atom stereocenters. The highest BCUT2D eigenvalue weighted by atomic mass is 19.1. The molecule has 0 saturated heterocycles. The SMILES string of the molecule is CN1C(=O)C2(CC(C)(Cc3cccc(F)c3)Oc3ccc(-c4cncnc4)cc32)N=C1N. The zero-order valence-electron chi connectivity index (χ0n) is 17.7. The Kier molecular flexibility index (Phi) is 4.47. The van der Waals surface area contributed by atoms with Gasteiger partial charge in [-0.2, -0.15) is 0 Å². The lowest BCUT2D eigenvalue weighted by Crippen LogP contribution is -2.51. The highest BCUT2D eigenvalue weighted by Gasteiger charge is 2.56. The molecule has 2 N–H and O–H groups in total. The van der Waals surface area contributed by atoms with Crippen molar-refractivity contribution in [1.82, 2.24) is 14.9 Å². The van der Waals surface area contributed by atoms with Gasteiger partial charge in [0.05, 0.1) is 0 Å². The van der Waals surface area contributed by atoms with Crippen molar-refractivity contribution in [1.29, 1.82) is 0 Å². The molecular formula is C24H22FN5O2. The smallest absolute Gasteiger partial charge is 0.261 e. The van der Waals surface area contributed by atoms with Crippen LogP contribution in [0.1, 0.15) is 24.5 Å². The van der Waals surface area contributed by atoms with E-state index in [9.17, 15) is 9.18 Å². The standard InChI is InChI=1S/C24H22FN5O2/c1-23(10-15-4-3-5-18(25)8-15)13-24(21(31)30(2)22(26)29-24)19-9-16(6-7-20(19)32-23)17-11-27-14-28-12-17/h3-9,11-12,14H,10,13H2,1-2H3,(H2,26,29). The average Bonchev–Trinajstić information content (AvgIpc) is 2.97. The second kappa shape index (κ2) is 7.12. The lowest BCUT2D eigenvalue weighted by molar-refractivity contribution is -0.133. The molecule has 8 heteroatoms. The van der Waals surface area contributed by atoms with E-state index < -0.39 is 11.1 Å². The number of nitrogens with zero attached hydrogens (tertiary/aromatic N) is 4. The second-order valence-corrected chi connectivity index (χ2v) is 8.57. The van der Waals surface area contributed by atoms with Crippen molar-refractivity contribution in [2.24, 2.45) is 10.7 Å². The molecular weight excluding hydrogens is 409 g/mol. The van der Waals surface area contributed by atoms with Crippen LogP contribution in [0, 0.1) is 5.82 Å². The van der Waals surface area contributed by atoms with Crippen LogP contribution in [0.3, 0.4) is 0 Å². The lowest BCUT2D eigenvalue weighted by Gasteiger charge is -2.43. The fourth-order valence-corrected chi connectivity index (χ4v) is 4.68. The van der Waals surface area contributed by atoms with Crippen LogP contribution in [0.15, 0.2) is 66.2 Å². The monoisotopic (exact) mass is 431 g/mol. The maximum absolute atomic E-state index is 13.8. The van der Waals surface area contributed by atoms with Crippen molar-refractivity contribution in [3.8, 4) is 16.9 Å². The Balaban J connectivity index is 1.64. The molecule has 5 rings (SSSR count). The van der Waals surface area contributed by atoms with Crippen LogP contribution in [0.2, 0.25) is 0 Å². The summed E-state index contributed by atoms with van der Waals surface area (Å²) in [5, 5.41) is 0. The van der Waals surface area contributed by atoms with E-state index in [1.165, 1.54) is 23.4 Å². The van der Waals surface area contributed by atoms with Gasteiger partial charge in [0.1, 0.15) is 23.5 Å². The fourth-order valence-electron chi connectivity index (χ4n) is 4.68. The van der Waals surface area contributed by atoms with E-state index in [1.807, 2.05) is 31.2 Å². The van der Waals surface area contributed by atoms with Crippen LogP contribution in [0.5, 0.6) is 5.75 Å². The predicted molar refractivity (Wildman–Crippen MR) is 117 cm³/mol. The van der Waals surface area contributed by atoms with E-state index in [1.54, 1.807) is 25.5 Å². The number of nitrogens with two attached hydrogens (primary N) is 1. The number of fused-ring (bicyclic) bond motifs is 2.